The molecule has 0 bridgehead atoms. The molecule has 0 fully saturated rings. The van der Waals surface area contributed by atoms with Gasteiger partial charge in [0.15, 0.2) is 11.5 Å². The Bertz CT molecular complexity index is 496. The first-order chi connectivity index (χ1) is 6.86. The molecular weight excluding hydrogens is 204 g/mol. The number of carboxylic acid groups (broad SMARTS) is 1. The van der Waals surface area contributed by atoms with E-state index in [1.54, 1.807) is 0 Å². The maximum absolute atomic E-state index is 11.1. The summed E-state index contributed by atoms with van der Waals surface area (Å²) < 4.78 is 4.53. The fourth-order valence-corrected chi connectivity index (χ4v) is 1.19. The summed E-state index contributed by atoms with van der Waals surface area (Å²) in [7, 11) is 0. The molecule has 6 nitrogen and oxygen atoms in total. The average molecular weight is 212 g/mol. The second-order valence-electron chi connectivity index (χ2n) is 2.91. The third kappa shape index (κ3) is 1.74. The van der Waals surface area contributed by atoms with Crippen molar-refractivity contribution in [1.82, 2.24) is 0 Å². The van der Waals surface area contributed by atoms with Crippen molar-refractivity contribution in [2.45, 2.75) is 13.8 Å². The summed E-state index contributed by atoms with van der Waals surface area (Å²) in [6, 6.07) is 0. The molecule has 1 aromatic rings. The molecule has 1 heterocycles. The van der Waals surface area contributed by atoms with Gasteiger partial charge in [-0.15, -0.1) is 0 Å². The smallest absolute Gasteiger partial charge is 0.350 e. The van der Waals surface area contributed by atoms with Gasteiger partial charge in [0, 0.05) is 0 Å². The molecule has 0 aliphatic rings. The van der Waals surface area contributed by atoms with Crippen LogP contribution in [0.15, 0.2) is 9.21 Å². The summed E-state index contributed by atoms with van der Waals surface area (Å²) in [5.74, 6) is -3.29. The molecule has 2 N–H and O–H groups in total. The average Bonchev–Trinajstić information content (AvgIpc) is 1.99. The third-order valence-corrected chi connectivity index (χ3v) is 1.84. The molecule has 0 aliphatic heterocycles. The van der Waals surface area contributed by atoms with E-state index in [0.717, 1.165) is 6.92 Å². The maximum Gasteiger partial charge on any atom is 0.350 e. The van der Waals surface area contributed by atoms with Gasteiger partial charge in [0.05, 0.1) is 0 Å². The Morgan fingerprint density at radius 1 is 1.27 bits per heavy atom. The number of aryl methyl sites for hydroxylation is 1. The standard InChI is InChI=1S/C9H8O6/c1-3(10)5-7(11)6(8(12)13)4(2)15-9(5)14/h11H,1-2H3,(H,12,13). The van der Waals surface area contributed by atoms with Crippen LogP contribution in [0, 0.1) is 6.92 Å². The number of carbonyl (C=O) groups excluding carboxylic acids is 1. The van der Waals surface area contributed by atoms with Crippen LogP contribution in [-0.4, -0.2) is 22.0 Å². The van der Waals surface area contributed by atoms with Crippen LogP contribution in [0.25, 0.3) is 0 Å². The summed E-state index contributed by atoms with van der Waals surface area (Å²) in [6.45, 7) is 2.25. The Morgan fingerprint density at radius 2 is 1.80 bits per heavy atom. The summed E-state index contributed by atoms with van der Waals surface area (Å²) in [5, 5.41) is 18.1. The Balaban J connectivity index is 3.72. The first kappa shape index (κ1) is 11.0. The summed E-state index contributed by atoms with van der Waals surface area (Å²) in [4.78, 5) is 32.8. The lowest BCUT2D eigenvalue weighted by Gasteiger charge is -2.04. The van der Waals surface area contributed by atoms with Crippen molar-refractivity contribution in [3.8, 4) is 5.75 Å². The van der Waals surface area contributed by atoms with Crippen LogP contribution in [0.5, 0.6) is 5.75 Å². The Labute approximate surface area is 83.8 Å². The van der Waals surface area contributed by atoms with E-state index in [9.17, 15) is 19.5 Å². The van der Waals surface area contributed by atoms with E-state index in [1.807, 2.05) is 0 Å². The zero-order valence-electron chi connectivity index (χ0n) is 8.03. The van der Waals surface area contributed by atoms with E-state index in [0.29, 0.717) is 0 Å². The van der Waals surface area contributed by atoms with Crippen molar-refractivity contribution in [2.24, 2.45) is 0 Å². The minimum Gasteiger partial charge on any atom is -0.506 e. The first-order valence-corrected chi connectivity index (χ1v) is 3.97. The highest BCUT2D eigenvalue weighted by atomic mass is 16.4. The van der Waals surface area contributed by atoms with Gasteiger partial charge in [0.1, 0.15) is 16.9 Å². The number of carboxylic acids is 1. The van der Waals surface area contributed by atoms with Gasteiger partial charge < -0.3 is 14.6 Å². The summed E-state index contributed by atoms with van der Waals surface area (Å²) >= 11 is 0. The zero-order valence-corrected chi connectivity index (χ0v) is 8.03. The fourth-order valence-electron chi connectivity index (χ4n) is 1.19. The fraction of sp³-hybridized carbons (Fsp3) is 0.222. The topological polar surface area (TPSA) is 105 Å². The van der Waals surface area contributed by atoms with Gasteiger partial charge in [0.25, 0.3) is 0 Å². The zero-order chi connectivity index (χ0) is 11.7. The number of ketones is 1. The molecule has 80 valence electrons. The van der Waals surface area contributed by atoms with Crippen molar-refractivity contribution in [3.05, 3.63) is 27.3 Å². The van der Waals surface area contributed by atoms with Crippen molar-refractivity contribution < 1.29 is 24.2 Å². The van der Waals surface area contributed by atoms with E-state index < -0.39 is 34.3 Å². The molecule has 1 aromatic heterocycles. The predicted octanol–water partition coefficient (Wildman–Crippen LogP) is 0.555. The maximum atomic E-state index is 11.1. The van der Waals surface area contributed by atoms with Crippen LogP contribution in [0.2, 0.25) is 0 Å². The molecule has 0 unspecified atom stereocenters. The van der Waals surface area contributed by atoms with Gasteiger partial charge in [-0.25, -0.2) is 9.59 Å². The molecule has 0 amide bonds. The van der Waals surface area contributed by atoms with Gasteiger partial charge in [0.2, 0.25) is 0 Å². The minimum atomic E-state index is -1.46. The number of Topliss-reactive ketones (excluding diaryl/α,β-unsaturated/α-hetero) is 1. The number of hydrogen-bond acceptors (Lipinski definition) is 5. The van der Waals surface area contributed by atoms with E-state index in [1.165, 1.54) is 6.92 Å². The summed E-state index contributed by atoms with van der Waals surface area (Å²) in [5.41, 5.74) is -2.25. The molecule has 15 heavy (non-hydrogen) atoms. The summed E-state index contributed by atoms with van der Waals surface area (Å²) in [6.07, 6.45) is 0. The van der Waals surface area contributed by atoms with Crippen LogP contribution >= 0.6 is 0 Å². The third-order valence-electron chi connectivity index (χ3n) is 1.84. The largest absolute Gasteiger partial charge is 0.506 e. The monoisotopic (exact) mass is 212 g/mol. The normalized spacial score (nSPS) is 10.0. The van der Waals surface area contributed by atoms with Crippen LogP contribution < -0.4 is 5.63 Å². The molecule has 0 saturated heterocycles. The lowest BCUT2D eigenvalue weighted by atomic mass is 10.1. The predicted molar refractivity (Wildman–Crippen MR) is 48.3 cm³/mol. The first-order valence-electron chi connectivity index (χ1n) is 3.97. The molecule has 0 spiro atoms. The number of aromatic hydroxyl groups is 1. The Morgan fingerprint density at radius 3 is 2.20 bits per heavy atom. The van der Waals surface area contributed by atoms with Crippen LogP contribution in [0.1, 0.15) is 33.4 Å². The molecule has 6 heteroatoms. The van der Waals surface area contributed by atoms with Gasteiger partial charge in [-0.05, 0) is 13.8 Å². The lowest BCUT2D eigenvalue weighted by Crippen LogP contribution is -2.16. The van der Waals surface area contributed by atoms with Crippen molar-refractivity contribution in [3.63, 3.8) is 0 Å². The highest BCUT2D eigenvalue weighted by Gasteiger charge is 2.24. The highest BCUT2D eigenvalue weighted by Crippen LogP contribution is 2.23. The molecule has 0 aromatic carbocycles. The van der Waals surface area contributed by atoms with Crippen molar-refractivity contribution >= 4 is 11.8 Å². The van der Waals surface area contributed by atoms with Gasteiger partial charge in [-0.3, -0.25) is 4.79 Å². The van der Waals surface area contributed by atoms with Crippen LogP contribution in [-0.2, 0) is 0 Å². The van der Waals surface area contributed by atoms with Crippen LogP contribution in [0.3, 0.4) is 0 Å². The molecule has 1 rings (SSSR count). The molecule has 0 atom stereocenters. The van der Waals surface area contributed by atoms with Crippen molar-refractivity contribution in [2.75, 3.05) is 0 Å². The van der Waals surface area contributed by atoms with E-state index in [-0.39, 0.29) is 5.76 Å². The molecule has 0 saturated carbocycles. The molecule has 0 radical (unpaired) electrons. The van der Waals surface area contributed by atoms with Crippen LogP contribution in [0.4, 0.5) is 0 Å². The lowest BCUT2D eigenvalue weighted by molar-refractivity contribution is 0.0689. The number of aromatic carboxylic acids is 1. The van der Waals surface area contributed by atoms with E-state index in [2.05, 4.69) is 4.42 Å². The van der Waals surface area contributed by atoms with E-state index in [4.69, 9.17) is 5.11 Å². The van der Waals surface area contributed by atoms with Gasteiger partial charge in [-0.2, -0.15) is 0 Å². The van der Waals surface area contributed by atoms with E-state index >= 15 is 0 Å². The quantitative estimate of drug-likeness (QED) is 0.693. The number of hydrogen-bond donors (Lipinski definition) is 2. The number of carbonyl (C=O) groups is 2. The second-order valence-corrected chi connectivity index (χ2v) is 2.91. The van der Waals surface area contributed by atoms with Crippen molar-refractivity contribution in [1.29, 1.82) is 0 Å². The van der Waals surface area contributed by atoms with Gasteiger partial charge in [-0.1, -0.05) is 0 Å². The molecule has 0 aliphatic carbocycles. The Hall–Kier alpha value is -2.11. The van der Waals surface area contributed by atoms with Gasteiger partial charge >= 0.3 is 11.6 Å². The minimum absolute atomic E-state index is 0.241. The second kappa shape index (κ2) is 3.56. The molecular formula is C9H8O6. The highest BCUT2D eigenvalue weighted by molar-refractivity contribution is 6.01. The SMILES string of the molecule is CC(=O)c1c(O)c(C(=O)O)c(C)oc1=O. The Kier molecular flexibility index (Phi) is 2.61. The number of rotatable bonds is 2.